The first-order chi connectivity index (χ1) is 29.2. The summed E-state index contributed by atoms with van der Waals surface area (Å²) in [6.07, 6.45) is 35.4. The Balaban J connectivity index is 4.46. The van der Waals surface area contributed by atoms with Gasteiger partial charge in [0.2, 0.25) is 0 Å². The molecule has 0 heterocycles. The second kappa shape index (κ2) is 45.3. The van der Waals surface area contributed by atoms with Crippen LogP contribution in [0.5, 0.6) is 0 Å². The first-order valence-corrected chi connectivity index (χ1v) is 25.9. The summed E-state index contributed by atoms with van der Waals surface area (Å²) in [4.78, 5) is 47.2. The van der Waals surface area contributed by atoms with Gasteiger partial charge in [-0.3, -0.25) is 18.6 Å². The summed E-state index contributed by atoms with van der Waals surface area (Å²) in [6.45, 7) is 4.17. The van der Waals surface area contributed by atoms with E-state index in [9.17, 15) is 23.8 Å². The lowest BCUT2D eigenvalue weighted by molar-refractivity contribution is -0.161. The van der Waals surface area contributed by atoms with Crippen LogP contribution in [0.3, 0.4) is 0 Å². The van der Waals surface area contributed by atoms with Gasteiger partial charge in [0.1, 0.15) is 13.2 Å². The minimum Gasteiger partial charge on any atom is -0.462 e. The molecule has 0 fully saturated rings. The Hall–Kier alpha value is -1.76. The molecule has 0 aliphatic carbocycles. The molecule has 356 valence electrons. The van der Waals surface area contributed by atoms with E-state index in [1.165, 1.54) is 141 Å². The average Bonchev–Trinajstić information content (AvgIpc) is 3.23. The lowest BCUT2D eigenvalue weighted by atomic mass is 10.0. The number of esters is 2. The molecule has 14 heteroatoms. The molecule has 0 aliphatic rings. The molecule has 1 amide bonds. The van der Waals surface area contributed by atoms with E-state index in [1.807, 2.05) is 0 Å². The number of ether oxygens (including phenoxy) is 4. The molecule has 0 radical (unpaired) electrons. The average molecular weight is 879 g/mol. The van der Waals surface area contributed by atoms with E-state index in [0.29, 0.717) is 26.0 Å². The van der Waals surface area contributed by atoms with Crippen LogP contribution in [0.25, 0.3) is 0 Å². The Bertz CT molecular complexity index is 1020. The number of hydrogen-bond donors (Lipinski definition) is 3. The zero-order valence-electron chi connectivity index (χ0n) is 38.4. The Labute approximate surface area is 366 Å². The van der Waals surface area contributed by atoms with Gasteiger partial charge in [-0.05, 0) is 12.8 Å². The topological polar surface area (TPSA) is 182 Å². The molecular formula is C46H91N2O11P. The molecule has 0 saturated carbocycles. The van der Waals surface area contributed by atoms with Crippen LogP contribution in [0.2, 0.25) is 0 Å². The molecule has 60 heavy (non-hydrogen) atoms. The molecule has 0 saturated heterocycles. The summed E-state index contributed by atoms with van der Waals surface area (Å²) in [7, 11) is -4.59. The van der Waals surface area contributed by atoms with Gasteiger partial charge in [0.15, 0.2) is 6.10 Å². The predicted octanol–water partition coefficient (Wildman–Crippen LogP) is 11.8. The van der Waals surface area contributed by atoms with E-state index in [0.717, 1.165) is 38.5 Å². The van der Waals surface area contributed by atoms with Crippen molar-refractivity contribution in [2.45, 2.75) is 225 Å². The minimum absolute atomic E-state index is 0.0257. The minimum atomic E-state index is -4.59. The van der Waals surface area contributed by atoms with Gasteiger partial charge in [0.05, 0.1) is 26.4 Å². The summed E-state index contributed by atoms with van der Waals surface area (Å²) < 4.78 is 43.6. The summed E-state index contributed by atoms with van der Waals surface area (Å²) >= 11 is 0. The Morgan fingerprint density at radius 2 is 0.933 bits per heavy atom. The predicted molar refractivity (Wildman–Crippen MR) is 241 cm³/mol. The van der Waals surface area contributed by atoms with Crippen LogP contribution in [0.4, 0.5) is 4.79 Å². The van der Waals surface area contributed by atoms with E-state index >= 15 is 0 Å². The molecule has 0 aromatic rings. The van der Waals surface area contributed by atoms with Crippen molar-refractivity contribution in [1.29, 1.82) is 0 Å². The maximum absolute atomic E-state index is 12.7. The standard InChI is InChI=1S/C46H91N2O11P/c1-3-5-7-9-11-13-15-17-19-21-23-25-27-29-31-33-44(49)56-41-43(42-58-60(52,53)57-38-36-48-46(51)55-40-39-54-37-35-47)59-45(50)34-32-30-28-26-24-22-20-18-16-14-12-10-8-6-4-2/h43H,3-42,47H2,1-2H3,(H,48,51)(H,52,53)/t43-/m1/s1. The number of carbonyl (C=O) groups is 3. The zero-order valence-corrected chi connectivity index (χ0v) is 39.3. The van der Waals surface area contributed by atoms with Crippen molar-refractivity contribution in [3.05, 3.63) is 0 Å². The molecule has 1 unspecified atom stereocenters. The molecule has 0 aromatic carbocycles. The highest BCUT2D eigenvalue weighted by Gasteiger charge is 2.26. The number of rotatable bonds is 47. The van der Waals surface area contributed by atoms with Gasteiger partial charge >= 0.3 is 25.9 Å². The van der Waals surface area contributed by atoms with Crippen molar-refractivity contribution < 1.29 is 51.8 Å². The van der Waals surface area contributed by atoms with Crippen molar-refractivity contribution in [3.8, 4) is 0 Å². The smallest absolute Gasteiger partial charge is 0.462 e. The van der Waals surface area contributed by atoms with E-state index in [2.05, 4.69) is 19.2 Å². The monoisotopic (exact) mass is 879 g/mol. The van der Waals surface area contributed by atoms with Crippen LogP contribution < -0.4 is 11.1 Å². The van der Waals surface area contributed by atoms with E-state index in [4.69, 9.17) is 33.7 Å². The van der Waals surface area contributed by atoms with Gasteiger partial charge in [-0.25, -0.2) is 9.36 Å². The second-order valence-electron chi connectivity index (χ2n) is 16.3. The molecule has 13 nitrogen and oxygen atoms in total. The molecular weight excluding hydrogens is 787 g/mol. The van der Waals surface area contributed by atoms with Crippen molar-refractivity contribution in [2.24, 2.45) is 5.73 Å². The highest BCUT2D eigenvalue weighted by Crippen LogP contribution is 2.43. The van der Waals surface area contributed by atoms with Crippen LogP contribution in [-0.4, -0.2) is 81.8 Å². The lowest BCUT2D eigenvalue weighted by Crippen LogP contribution is -2.30. The van der Waals surface area contributed by atoms with Crippen LogP contribution in [-0.2, 0) is 42.1 Å². The largest absolute Gasteiger partial charge is 0.472 e. The van der Waals surface area contributed by atoms with Gasteiger partial charge in [0.25, 0.3) is 0 Å². The number of unbranched alkanes of at least 4 members (excludes halogenated alkanes) is 28. The number of carbonyl (C=O) groups excluding carboxylic acids is 3. The Morgan fingerprint density at radius 1 is 0.517 bits per heavy atom. The Kier molecular flexibility index (Phi) is 43.9. The highest BCUT2D eigenvalue weighted by molar-refractivity contribution is 7.47. The number of amides is 1. The molecule has 0 spiro atoms. The third-order valence-electron chi connectivity index (χ3n) is 10.5. The van der Waals surface area contributed by atoms with E-state index < -0.39 is 38.6 Å². The van der Waals surface area contributed by atoms with Crippen LogP contribution in [0, 0.1) is 0 Å². The molecule has 4 N–H and O–H groups in total. The third kappa shape index (κ3) is 44.3. The van der Waals surface area contributed by atoms with Crippen LogP contribution in [0.1, 0.15) is 219 Å². The van der Waals surface area contributed by atoms with Crippen molar-refractivity contribution in [2.75, 3.05) is 52.7 Å². The maximum atomic E-state index is 12.7. The molecule has 2 atom stereocenters. The van der Waals surface area contributed by atoms with Gasteiger partial charge in [0, 0.05) is 25.9 Å². The zero-order chi connectivity index (χ0) is 44.0. The van der Waals surface area contributed by atoms with Gasteiger partial charge in [-0.15, -0.1) is 0 Å². The quantitative estimate of drug-likeness (QED) is 0.0228. The number of phosphoric acid groups is 1. The fourth-order valence-electron chi connectivity index (χ4n) is 6.86. The fourth-order valence-corrected chi connectivity index (χ4v) is 7.61. The van der Waals surface area contributed by atoms with Crippen molar-refractivity contribution in [1.82, 2.24) is 5.32 Å². The van der Waals surface area contributed by atoms with Crippen LogP contribution >= 0.6 is 7.82 Å². The van der Waals surface area contributed by atoms with Crippen LogP contribution in [0.15, 0.2) is 0 Å². The first kappa shape index (κ1) is 58.2. The Morgan fingerprint density at radius 3 is 1.37 bits per heavy atom. The normalized spacial score (nSPS) is 12.9. The SMILES string of the molecule is CCCCCCCCCCCCCCCCCC(=O)OC[C@H](COP(=O)(O)OCCNC(=O)OCCOCCN)OC(=O)CCCCCCCCCCCCCCCCC. The summed E-state index contributed by atoms with van der Waals surface area (Å²) in [6, 6.07) is 0. The molecule has 0 aliphatic heterocycles. The van der Waals surface area contributed by atoms with E-state index in [-0.39, 0.29) is 45.8 Å². The maximum Gasteiger partial charge on any atom is 0.472 e. The summed E-state index contributed by atoms with van der Waals surface area (Å²) in [5, 5.41) is 2.39. The van der Waals surface area contributed by atoms with Gasteiger partial charge in [-0.2, -0.15) is 0 Å². The lowest BCUT2D eigenvalue weighted by Gasteiger charge is -2.20. The molecule has 0 rings (SSSR count). The summed E-state index contributed by atoms with van der Waals surface area (Å²) in [5.41, 5.74) is 5.33. The third-order valence-corrected chi connectivity index (χ3v) is 11.5. The number of phosphoric ester groups is 1. The van der Waals surface area contributed by atoms with Gasteiger partial charge < -0.3 is 34.9 Å². The van der Waals surface area contributed by atoms with Crippen molar-refractivity contribution in [3.63, 3.8) is 0 Å². The van der Waals surface area contributed by atoms with Crippen molar-refractivity contribution >= 4 is 25.9 Å². The summed E-state index contributed by atoms with van der Waals surface area (Å²) in [5.74, 6) is -0.901. The second-order valence-corrected chi connectivity index (χ2v) is 17.7. The number of hydrogen-bond acceptors (Lipinski definition) is 11. The number of alkyl carbamates (subject to hydrolysis) is 1. The number of nitrogens with one attached hydrogen (secondary N) is 1. The number of nitrogens with two attached hydrogens (primary N) is 1. The highest BCUT2D eigenvalue weighted by atomic mass is 31.2. The molecule has 0 aromatic heterocycles. The first-order valence-electron chi connectivity index (χ1n) is 24.4. The van der Waals surface area contributed by atoms with Gasteiger partial charge in [-0.1, -0.05) is 194 Å². The fraction of sp³-hybridized carbons (Fsp3) is 0.935. The molecule has 0 bridgehead atoms. The van der Waals surface area contributed by atoms with E-state index in [1.54, 1.807) is 0 Å².